The Morgan fingerprint density at radius 3 is 2.45 bits per heavy atom. The van der Waals surface area contributed by atoms with E-state index in [4.69, 9.17) is 20.8 Å². The third-order valence-electron chi connectivity index (χ3n) is 5.22. The second kappa shape index (κ2) is 10.3. The highest BCUT2D eigenvalue weighted by Gasteiger charge is 2.35. The standard InChI is InChI=1S/C25H21ClN2O5/c26-19-10-8-17(9-11-19)20-15-21(23-7-4-14-32-23)28(27-20)24(30)16-33-25(31)13-12-22(29)18-5-2-1-3-6-18/h1-11,14,21H,12-13,15-16H2. The van der Waals surface area contributed by atoms with E-state index in [0.29, 0.717) is 28.5 Å². The average Bonchev–Trinajstić information content (AvgIpc) is 3.52. The summed E-state index contributed by atoms with van der Waals surface area (Å²) in [6.07, 6.45) is 1.87. The van der Waals surface area contributed by atoms with Crippen molar-refractivity contribution in [2.75, 3.05) is 6.61 Å². The summed E-state index contributed by atoms with van der Waals surface area (Å²) in [4.78, 5) is 37.1. The summed E-state index contributed by atoms with van der Waals surface area (Å²) in [5.74, 6) is -0.685. The van der Waals surface area contributed by atoms with Crippen molar-refractivity contribution >= 4 is 35.0 Å². The molecule has 0 aliphatic carbocycles. The Labute approximate surface area is 195 Å². The van der Waals surface area contributed by atoms with E-state index in [1.165, 1.54) is 11.3 Å². The summed E-state index contributed by atoms with van der Waals surface area (Å²) in [6.45, 7) is -0.479. The number of hydrogen-bond donors (Lipinski definition) is 0. The molecule has 7 nitrogen and oxygen atoms in total. The summed E-state index contributed by atoms with van der Waals surface area (Å²) < 4.78 is 10.6. The first-order chi connectivity index (χ1) is 16.0. The molecule has 0 saturated heterocycles. The van der Waals surface area contributed by atoms with Gasteiger partial charge in [0.2, 0.25) is 0 Å². The van der Waals surface area contributed by atoms with Crippen LogP contribution < -0.4 is 0 Å². The van der Waals surface area contributed by atoms with Gasteiger partial charge in [-0.05, 0) is 29.8 Å². The van der Waals surface area contributed by atoms with Crippen LogP contribution in [-0.2, 0) is 14.3 Å². The Balaban J connectivity index is 1.37. The molecule has 2 heterocycles. The van der Waals surface area contributed by atoms with E-state index >= 15 is 0 Å². The lowest BCUT2D eigenvalue weighted by atomic mass is 10.0. The molecule has 1 aromatic heterocycles. The van der Waals surface area contributed by atoms with Crippen molar-refractivity contribution in [1.82, 2.24) is 5.01 Å². The molecule has 0 saturated carbocycles. The molecule has 1 atom stereocenters. The number of halogens is 1. The molecule has 8 heteroatoms. The molecule has 0 bridgehead atoms. The van der Waals surface area contributed by atoms with Gasteiger partial charge in [0.05, 0.1) is 18.4 Å². The molecular weight excluding hydrogens is 444 g/mol. The van der Waals surface area contributed by atoms with Crippen LogP contribution in [0.15, 0.2) is 82.5 Å². The topological polar surface area (TPSA) is 89.2 Å². The number of Topliss-reactive ketones (excluding diaryl/α,β-unsaturated/α-hetero) is 1. The van der Waals surface area contributed by atoms with E-state index < -0.39 is 24.5 Å². The van der Waals surface area contributed by atoms with Crippen LogP contribution in [-0.4, -0.2) is 35.0 Å². The number of furan rings is 1. The average molecular weight is 465 g/mol. The number of hydrogen-bond acceptors (Lipinski definition) is 6. The molecule has 2 aromatic carbocycles. The first-order valence-corrected chi connectivity index (χ1v) is 10.8. The zero-order valence-corrected chi connectivity index (χ0v) is 18.4. The lowest BCUT2D eigenvalue weighted by Gasteiger charge is -2.19. The van der Waals surface area contributed by atoms with Gasteiger partial charge < -0.3 is 9.15 Å². The molecule has 4 rings (SSSR count). The smallest absolute Gasteiger partial charge is 0.306 e. The molecule has 3 aromatic rings. The van der Waals surface area contributed by atoms with Gasteiger partial charge in [-0.1, -0.05) is 54.1 Å². The summed E-state index contributed by atoms with van der Waals surface area (Å²) >= 11 is 5.97. The van der Waals surface area contributed by atoms with Crippen LogP contribution in [0, 0.1) is 0 Å². The molecule has 168 valence electrons. The van der Waals surface area contributed by atoms with Crippen LogP contribution >= 0.6 is 11.6 Å². The van der Waals surface area contributed by atoms with Crippen molar-refractivity contribution in [3.05, 3.63) is 94.9 Å². The van der Waals surface area contributed by atoms with Crippen molar-refractivity contribution < 1.29 is 23.5 Å². The van der Waals surface area contributed by atoms with Crippen molar-refractivity contribution in [1.29, 1.82) is 0 Å². The minimum Gasteiger partial charge on any atom is -0.467 e. The molecule has 1 aliphatic heterocycles. The summed E-state index contributed by atoms with van der Waals surface area (Å²) in [7, 11) is 0. The maximum absolute atomic E-state index is 12.9. The maximum atomic E-state index is 12.9. The van der Waals surface area contributed by atoms with E-state index in [-0.39, 0.29) is 18.6 Å². The van der Waals surface area contributed by atoms with Gasteiger partial charge in [-0.2, -0.15) is 5.10 Å². The molecule has 0 spiro atoms. The number of esters is 1. The first-order valence-electron chi connectivity index (χ1n) is 10.4. The quantitative estimate of drug-likeness (QED) is 0.352. The number of ketones is 1. The second-order valence-electron chi connectivity index (χ2n) is 7.48. The van der Waals surface area contributed by atoms with Crippen LogP contribution in [0.25, 0.3) is 0 Å². The van der Waals surface area contributed by atoms with Gasteiger partial charge in [-0.15, -0.1) is 0 Å². The lowest BCUT2D eigenvalue weighted by Crippen LogP contribution is -2.31. The number of ether oxygens (including phenoxy) is 1. The molecule has 0 fully saturated rings. The monoisotopic (exact) mass is 464 g/mol. The van der Waals surface area contributed by atoms with Gasteiger partial charge >= 0.3 is 5.97 Å². The Bertz CT molecular complexity index is 1160. The minimum absolute atomic E-state index is 0.00857. The normalized spacial score (nSPS) is 15.2. The fourth-order valence-electron chi connectivity index (χ4n) is 3.52. The van der Waals surface area contributed by atoms with E-state index in [9.17, 15) is 14.4 Å². The van der Waals surface area contributed by atoms with Gasteiger partial charge in [0.1, 0.15) is 11.8 Å². The van der Waals surface area contributed by atoms with Crippen molar-refractivity contribution in [2.24, 2.45) is 5.10 Å². The van der Waals surface area contributed by atoms with Crippen molar-refractivity contribution in [3.63, 3.8) is 0 Å². The first kappa shape index (κ1) is 22.5. The van der Waals surface area contributed by atoms with Crippen molar-refractivity contribution in [2.45, 2.75) is 25.3 Å². The van der Waals surface area contributed by atoms with Gasteiger partial charge in [0, 0.05) is 23.4 Å². The summed E-state index contributed by atoms with van der Waals surface area (Å²) in [5.41, 5.74) is 2.06. The highest BCUT2D eigenvalue weighted by molar-refractivity contribution is 6.30. The zero-order valence-electron chi connectivity index (χ0n) is 17.6. The van der Waals surface area contributed by atoms with Gasteiger partial charge in [0.25, 0.3) is 5.91 Å². The molecule has 33 heavy (non-hydrogen) atoms. The Morgan fingerprint density at radius 1 is 1.00 bits per heavy atom. The number of carbonyl (C=O) groups excluding carboxylic acids is 3. The summed E-state index contributed by atoms with van der Waals surface area (Å²) in [6, 6.07) is 18.9. The second-order valence-corrected chi connectivity index (χ2v) is 7.91. The number of rotatable bonds is 8. The SMILES string of the molecule is O=C(CCC(=O)c1ccccc1)OCC(=O)N1N=C(c2ccc(Cl)cc2)CC1c1ccco1. The number of amides is 1. The Morgan fingerprint density at radius 2 is 1.76 bits per heavy atom. The van der Waals surface area contributed by atoms with Crippen molar-refractivity contribution in [3.8, 4) is 0 Å². The lowest BCUT2D eigenvalue weighted by molar-refractivity contribution is -0.152. The van der Waals surface area contributed by atoms with E-state index in [1.54, 1.807) is 48.5 Å². The Kier molecular flexibility index (Phi) is 7.00. The Hall–Kier alpha value is -3.71. The van der Waals surface area contributed by atoms with Crippen LogP contribution in [0.5, 0.6) is 0 Å². The van der Waals surface area contributed by atoms with Crippen LogP contribution in [0.1, 0.15) is 47.0 Å². The molecule has 1 unspecified atom stereocenters. The van der Waals surface area contributed by atoms with E-state index in [2.05, 4.69) is 5.10 Å². The number of nitrogens with zero attached hydrogens (tertiary/aromatic N) is 2. The van der Waals surface area contributed by atoms with Crippen LogP contribution in [0.4, 0.5) is 0 Å². The fraction of sp³-hybridized carbons (Fsp3) is 0.200. The minimum atomic E-state index is -0.622. The van der Waals surface area contributed by atoms with Gasteiger partial charge in [0.15, 0.2) is 12.4 Å². The molecule has 1 amide bonds. The number of benzene rings is 2. The summed E-state index contributed by atoms with van der Waals surface area (Å²) in [5, 5.41) is 6.35. The fourth-order valence-corrected chi connectivity index (χ4v) is 3.65. The highest BCUT2D eigenvalue weighted by atomic mass is 35.5. The van der Waals surface area contributed by atoms with Crippen LogP contribution in [0.3, 0.4) is 0 Å². The predicted octanol–water partition coefficient (Wildman–Crippen LogP) is 4.82. The number of carbonyl (C=O) groups is 3. The van der Waals surface area contributed by atoms with Gasteiger partial charge in [-0.25, -0.2) is 5.01 Å². The zero-order chi connectivity index (χ0) is 23.2. The molecule has 0 radical (unpaired) electrons. The molecular formula is C25H21ClN2O5. The third-order valence-corrected chi connectivity index (χ3v) is 5.48. The third kappa shape index (κ3) is 5.56. The molecule has 1 aliphatic rings. The maximum Gasteiger partial charge on any atom is 0.306 e. The van der Waals surface area contributed by atoms with Crippen LogP contribution in [0.2, 0.25) is 5.02 Å². The van der Waals surface area contributed by atoms with E-state index in [1.807, 2.05) is 18.2 Å². The largest absolute Gasteiger partial charge is 0.467 e. The van der Waals surface area contributed by atoms with E-state index in [0.717, 1.165) is 5.56 Å². The highest BCUT2D eigenvalue weighted by Crippen LogP contribution is 2.33. The predicted molar refractivity (Wildman–Crippen MR) is 122 cm³/mol. The number of hydrazone groups is 1. The van der Waals surface area contributed by atoms with Gasteiger partial charge in [-0.3, -0.25) is 14.4 Å². The molecule has 0 N–H and O–H groups in total.